The fourth-order valence-corrected chi connectivity index (χ4v) is 2.32. The van der Waals surface area contributed by atoms with Crippen LogP contribution in [0.15, 0.2) is 18.7 Å². The van der Waals surface area contributed by atoms with Crippen molar-refractivity contribution in [2.45, 2.75) is 53.9 Å². The molecule has 0 radical (unpaired) electrons. The zero-order valence-corrected chi connectivity index (χ0v) is 17.0. The number of H-pyrrole nitrogens is 1. The summed E-state index contributed by atoms with van der Waals surface area (Å²) in [6.07, 6.45) is -11.0. The van der Waals surface area contributed by atoms with Gasteiger partial charge in [0, 0.05) is 18.8 Å². The highest BCUT2D eigenvalue weighted by Gasteiger charge is 2.90. The molecule has 5 nitrogen and oxygen atoms in total. The number of alkyl halides is 17. The van der Waals surface area contributed by atoms with Crippen LogP contribution in [0.3, 0.4) is 0 Å². The summed E-state index contributed by atoms with van der Waals surface area (Å²) < 4.78 is 238. The lowest BCUT2D eigenvalue weighted by Crippen LogP contribution is -2.70. The van der Waals surface area contributed by atoms with E-state index in [-0.39, 0.29) is 0 Å². The second-order valence-electron chi connectivity index (χ2n) is 6.15. The molecule has 0 aliphatic heterocycles. The van der Waals surface area contributed by atoms with Crippen LogP contribution in [0.4, 0.5) is 74.6 Å². The molecule has 0 bridgehead atoms. The van der Waals surface area contributed by atoms with E-state index in [1.54, 1.807) is 18.7 Å². The summed E-state index contributed by atoms with van der Waals surface area (Å²) in [5.41, 5.74) is 0. The maximum Gasteiger partial charge on any atom is 0.460 e. The van der Waals surface area contributed by atoms with Crippen LogP contribution in [0.1, 0.15) is 6.42 Å². The number of aromatic amines is 1. The summed E-state index contributed by atoms with van der Waals surface area (Å²) >= 11 is 0. The molecule has 1 heterocycles. The molecule has 0 aliphatic carbocycles. The molecule has 0 atom stereocenters. The third-order valence-electron chi connectivity index (χ3n) is 3.65. The molecule has 214 valence electrons. The van der Waals surface area contributed by atoms with Gasteiger partial charge in [-0.1, -0.05) is 0 Å². The highest BCUT2D eigenvalue weighted by Crippen LogP contribution is 2.60. The Labute approximate surface area is 187 Å². The summed E-state index contributed by atoms with van der Waals surface area (Å²) in [5, 5.41) is -6.16. The van der Waals surface area contributed by atoms with Crippen molar-refractivity contribution < 1.29 is 87.2 Å². The maximum absolute atomic E-state index is 13.2. The average molecular weight is 596 g/mol. The fourth-order valence-electron chi connectivity index (χ4n) is 1.64. The van der Waals surface area contributed by atoms with E-state index < -0.39 is 70.6 Å². The molecule has 1 rings (SSSR count). The molecule has 0 spiro atoms. The molecule has 0 fully saturated rings. The Morgan fingerprint density at radius 3 is 1.50 bits per heavy atom. The standard InChI is InChI=1S/C10H5F17O3S.C3H4N2/c11-3(12)5(15,16)31(28,29)30-2-1-4(13,14)6(17,18)7(19,20)8(21,22)9(23,24)10(25,26)27;1-2-5-3-4-1/h3H,1-2H2;1-3H,(H,4,5). The van der Waals surface area contributed by atoms with Crippen molar-refractivity contribution >= 4 is 10.1 Å². The first-order valence-electron chi connectivity index (χ1n) is 8.08. The summed E-state index contributed by atoms with van der Waals surface area (Å²) in [7, 11) is -6.90. The number of rotatable bonds is 10. The summed E-state index contributed by atoms with van der Waals surface area (Å²) in [4.78, 5) is 6.42. The molecule has 0 amide bonds. The highest BCUT2D eigenvalue weighted by molar-refractivity contribution is 7.87. The van der Waals surface area contributed by atoms with Crippen LogP contribution in [0.5, 0.6) is 0 Å². The van der Waals surface area contributed by atoms with E-state index in [2.05, 4.69) is 14.2 Å². The van der Waals surface area contributed by atoms with Crippen LogP contribution in [-0.4, -0.2) is 72.5 Å². The smallest absolute Gasteiger partial charge is 0.351 e. The second kappa shape index (κ2) is 10.4. The SMILES string of the molecule is O=S(=O)(OCCC(F)(F)C(F)(F)C(F)(F)C(F)(F)C(F)(F)C(F)(F)F)C(F)(F)C(F)F.c1c[nH]cn1. The fraction of sp³-hybridized carbons (Fsp3) is 0.769. The Kier molecular flexibility index (Phi) is 9.76. The first kappa shape index (κ1) is 33.9. The van der Waals surface area contributed by atoms with Crippen LogP contribution in [-0.2, 0) is 14.3 Å². The number of hydrogen-bond donors (Lipinski definition) is 1. The summed E-state index contributed by atoms with van der Waals surface area (Å²) in [5.74, 6) is -39.0. The van der Waals surface area contributed by atoms with E-state index in [9.17, 15) is 83.1 Å². The highest BCUT2D eigenvalue weighted by atomic mass is 32.2. The Morgan fingerprint density at radius 1 is 0.750 bits per heavy atom. The van der Waals surface area contributed by atoms with Crippen molar-refractivity contribution in [1.82, 2.24) is 9.97 Å². The van der Waals surface area contributed by atoms with Gasteiger partial charge in [0.1, 0.15) is 0 Å². The van der Waals surface area contributed by atoms with Crippen LogP contribution in [0.25, 0.3) is 0 Å². The summed E-state index contributed by atoms with van der Waals surface area (Å²) in [6.45, 7) is -2.81. The number of halogens is 17. The molecule has 1 aromatic rings. The molecule has 36 heavy (non-hydrogen) atoms. The zero-order valence-electron chi connectivity index (χ0n) is 16.2. The van der Waals surface area contributed by atoms with Crippen molar-refractivity contribution in [3.05, 3.63) is 18.7 Å². The van der Waals surface area contributed by atoms with Crippen LogP contribution < -0.4 is 0 Å². The normalized spacial score (nSPS) is 15.1. The minimum Gasteiger partial charge on any atom is -0.351 e. The predicted octanol–water partition coefficient (Wildman–Crippen LogP) is 5.73. The molecule has 0 saturated carbocycles. The summed E-state index contributed by atoms with van der Waals surface area (Å²) in [6, 6.07) is 0. The van der Waals surface area contributed by atoms with Gasteiger partial charge in [0.05, 0.1) is 12.9 Å². The minimum absolute atomic E-state index is 1.62. The van der Waals surface area contributed by atoms with E-state index in [1.165, 1.54) is 0 Å². The Morgan fingerprint density at radius 2 is 1.19 bits per heavy atom. The van der Waals surface area contributed by atoms with Crippen LogP contribution in [0.2, 0.25) is 0 Å². The van der Waals surface area contributed by atoms with Gasteiger partial charge < -0.3 is 4.98 Å². The van der Waals surface area contributed by atoms with Gasteiger partial charge >= 0.3 is 57.6 Å². The Bertz CT molecular complexity index is 911. The van der Waals surface area contributed by atoms with Crippen molar-refractivity contribution in [2.24, 2.45) is 0 Å². The van der Waals surface area contributed by atoms with E-state index in [4.69, 9.17) is 0 Å². The van der Waals surface area contributed by atoms with Crippen molar-refractivity contribution in [3.63, 3.8) is 0 Å². The third-order valence-corrected chi connectivity index (χ3v) is 4.97. The average Bonchev–Trinajstić information content (AvgIpc) is 3.25. The first-order valence-corrected chi connectivity index (χ1v) is 9.49. The minimum atomic E-state index is -8.22. The first-order chi connectivity index (χ1) is 15.7. The molecule has 0 unspecified atom stereocenters. The van der Waals surface area contributed by atoms with E-state index in [0.29, 0.717) is 0 Å². The lowest BCUT2D eigenvalue weighted by molar-refractivity contribution is -0.440. The van der Waals surface area contributed by atoms with Crippen LogP contribution in [0, 0.1) is 0 Å². The number of imidazole rings is 1. The molecule has 0 saturated heterocycles. The number of nitrogens with zero attached hydrogens (tertiary/aromatic N) is 1. The van der Waals surface area contributed by atoms with Crippen molar-refractivity contribution in [2.75, 3.05) is 6.61 Å². The van der Waals surface area contributed by atoms with E-state index >= 15 is 0 Å². The lowest BCUT2D eigenvalue weighted by atomic mass is 9.93. The number of hydrogen-bond acceptors (Lipinski definition) is 4. The molecular weight excluding hydrogens is 587 g/mol. The number of aromatic nitrogens is 2. The van der Waals surface area contributed by atoms with E-state index in [0.717, 1.165) is 0 Å². The molecule has 0 aromatic carbocycles. The van der Waals surface area contributed by atoms with Gasteiger partial charge in [0.25, 0.3) is 0 Å². The van der Waals surface area contributed by atoms with Gasteiger partial charge in [-0.15, -0.1) is 0 Å². The van der Waals surface area contributed by atoms with Gasteiger partial charge in [-0.25, -0.2) is 13.8 Å². The van der Waals surface area contributed by atoms with Gasteiger partial charge in [-0.2, -0.15) is 74.3 Å². The molecule has 1 N–H and O–H groups in total. The predicted molar refractivity (Wildman–Crippen MR) is 79.8 cm³/mol. The van der Waals surface area contributed by atoms with Crippen LogP contribution >= 0.6 is 0 Å². The number of nitrogens with one attached hydrogen (secondary N) is 1. The monoisotopic (exact) mass is 596 g/mol. The third kappa shape index (κ3) is 6.07. The van der Waals surface area contributed by atoms with Gasteiger partial charge in [0.15, 0.2) is 0 Å². The largest absolute Gasteiger partial charge is 0.460 e. The maximum atomic E-state index is 13.2. The Hall–Kier alpha value is -2.07. The van der Waals surface area contributed by atoms with Gasteiger partial charge in [-0.3, -0.25) is 4.18 Å². The van der Waals surface area contributed by atoms with Gasteiger partial charge in [0.2, 0.25) is 0 Å². The molecule has 23 heteroatoms. The topological polar surface area (TPSA) is 72.1 Å². The zero-order chi connectivity index (χ0) is 29.2. The lowest BCUT2D eigenvalue weighted by Gasteiger charge is -2.39. The molecular formula is C13H9F17N2O3S. The second-order valence-corrected chi connectivity index (χ2v) is 7.84. The van der Waals surface area contributed by atoms with Crippen molar-refractivity contribution in [3.8, 4) is 0 Å². The molecule has 1 aromatic heterocycles. The molecule has 0 aliphatic rings. The Balaban J connectivity index is 0.00000216. The van der Waals surface area contributed by atoms with Gasteiger partial charge in [-0.05, 0) is 0 Å². The quantitative estimate of drug-likeness (QED) is 0.277. The van der Waals surface area contributed by atoms with E-state index in [1.807, 2.05) is 0 Å². The van der Waals surface area contributed by atoms with Crippen molar-refractivity contribution in [1.29, 1.82) is 0 Å².